The number of para-hydroxylation sites is 1. The Hall–Kier alpha value is -3.39. The van der Waals surface area contributed by atoms with E-state index in [-0.39, 0.29) is 0 Å². The molecule has 5 rings (SSSR count). The third-order valence-electron chi connectivity index (χ3n) is 4.73. The van der Waals surface area contributed by atoms with Crippen molar-refractivity contribution in [2.45, 2.75) is 6.61 Å². The molecular formula is C24H17O2+. The molecule has 0 unspecified atom stereocenters. The molecule has 0 N–H and O–H groups in total. The normalized spacial score (nSPS) is 12.0. The Morgan fingerprint density at radius 3 is 2.08 bits per heavy atom. The molecule has 4 aromatic rings. The van der Waals surface area contributed by atoms with Crippen LogP contribution in [0.15, 0.2) is 95.4 Å². The Kier molecular flexibility index (Phi) is 3.53. The predicted octanol–water partition coefficient (Wildman–Crippen LogP) is 6.45. The van der Waals surface area contributed by atoms with Crippen molar-refractivity contribution in [2.75, 3.05) is 0 Å². The molecule has 124 valence electrons. The van der Waals surface area contributed by atoms with Crippen LogP contribution in [0.1, 0.15) is 5.56 Å². The summed E-state index contributed by atoms with van der Waals surface area (Å²) in [6.45, 7) is 0.509. The second-order valence-corrected chi connectivity index (χ2v) is 6.35. The highest BCUT2D eigenvalue weighted by Crippen LogP contribution is 2.43. The molecule has 0 bridgehead atoms. The molecule has 3 aromatic carbocycles. The lowest BCUT2D eigenvalue weighted by molar-refractivity contribution is 0.296. The van der Waals surface area contributed by atoms with Crippen LogP contribution in [0.5, 0.6) is 5.75 Å². The van der Waals surface area contributed by atoms with Crippen LogP contribution in [0.4, 0.5) is 0 Å². The molecule has 2 heteroatoms. The lowest BCUT2D eigenvalue weighted by Gasteiger charge is -2.17. The summed E-state index contributed by atoms with van der Waals surface area (Å²) in [4.78, 5) is 0. The monoisotopic (exact) mass is 337 g/mol. The average Bonchev–Trinajstić information content (AvgIpc) is 2.74. The Balaban J connectivity index is 1.81. The molecule has 2 heterocycles. The molecule has 0 amide bonds. The standard InChI is InChI=1S/C24H17O2/c1-3-9-17(10-4-1)20-15-23(18-11-5-2-6-12-18)26-24-19-13-7-8-14-22(19)25-16-21(20)24/h1-15H,16H2/q+1. The van der Waals surface area contributed by atoms with Crippen molar-refractivity contribution >= 4 is 0 Å². The van der Waals surface area contributed by atoms with E-state index in [0.29, 0.717) is 6.61 Å². The van der Waals surface area contributed by atoms with Crippen molar-refractivity contribution in [1.82, 2.24) is 0 Å². The topological polar surface area (TPSA) is 20.5 Å². The van der Waals surface area contributed by atoms with Crippen LogP contribution in [0, 0.1) is 0 Å². The number of hydrogen-bond acceptors (Lipinski definition) is 1. The smallest absolute Gasteiger partial charge is 0.371 e. The summed E-state index contributed by atoms with van der Waals surface area (Å²) in [5, 5.41) is 0. The van der Waals surface area contributed by atoms with E-state index in [0.717, 1.165) is 39.5 Å². The molecule has 0 spiro atoms. The molecule has 1 aromatic heterocycles. The summed E-state index contributed by atoms with van der Waals surface area (Å²) in [6.07, 6.45) is 0. The molecule has 0 saturated heterocycles. The van der Waals surface area contributed by atoms with Crippen LogP contribution >= 0.6 is 0 Å². The van der Waals surface area contributed by atoms with Gasteiger partial charge in [0.2, 0.25) is 0 Å². The van der Waals surface area contributed by atoms with Gasteiger partial charge in [0, 0.05) is 5.56 Å². The van der Waals surface area contributed by atoms with E-state index >= 15 is 0 Å². The first kappa shape index (κ1) is 14.9. The Morgan fingerprint density at radius 1 is 0.654 bits per heavy atom. The first-order valence-corrected chi connectivity index (χ1v) is 8.73. The highest BCUT2D eigenvalue weighted by Gasteiger charge is 2.32. The maximum atomic E-state index is 6.39. The zero-order chi connectivity index (χ0) is 17.3. The Labute approximate surface area is 152 Å². The van der Waals surface area contributed by atoms with Gasteiger partial charge in [0.25, 0.3) is 0 Å². The van der Waals surface area contributed by atoms with Crippen LogP contribution in [-0.2, 0) is 6.61 Å². The maximum Gasteiger partial charge on any atom is 0.371 e. The number of ether oxygens (including phenoxy) is 1. The molecule has 26 heavy (non-hydrogen) atoms. The predicted molar refractivity (Wildman–Crippen MR) is 104 cm³/mol. The fourth-order valence-electron chi connectivity index (χ4n) is 3.45. The minimum Gasteiger partial charge on any atom is -0.488 e. The van der Waals surface area contributed by atoms with Crippen LogP contribution in [0.3, 0.4) is 0 Å². The van der Waals surface area contributed by atoms with Crippen molar-refractivity contribution in [2.24, 2.45) is 0 Å². The van der Waals surface area contributed by atoms with Gasteiger partial charge in [0.15, 0.2) is 0 Å². The van der Waals surface area contributed by atoms with Gasteiger partial charge in [-0.05, 0) is 29.8 Å². The SMILES string of the molecule is c1ccc(-c2cc(-c3ccccc3)c3c([o+]2)-c2ccccc2OC3)cc1. The zero-order valence-electron chi connectivity index (χ0n) is 14.2. The van der Waals surface area contributed by atoms with Gasteiger partial charge in [-0.25, -0.2) is 4.42 Å². The first-order chi connectivity index (χ1) is 12.9. The third-order valence-corrected chi connectivity index (χ3v) is 4.73. The van der Waals surface area contributed by atoms with Gasteiger partial charge < -0.3 is 4.74 Å². The number of fused-ring (bicyclic) bond motifs is 3. The van der Waals surface area contributed by atoms with Gasteiger partial charge in [-0.15, -0.1) is 0 Å². The molecule has 0 aliphatic carbocycles. The Bertz CT molecular complexity index is 1050. The highest BCUT2D eigenvalue weighted by atomic mass is 16.5. The highest BCUT2D eigenvalue weighted by molar-refractivity contribution is 5.81. The summed E-state index contributed by atoms with van der Waals surface area (Å²) in [5.41, 5.74) is 5.48. The quantitative estimate of drug-likeness (QED) is 0.392. The van der Waals surface area contributed by atoms with E-state index < -0.39 is 0 Å². The van der Waals surface area contributed by atoms with Gasteiger partial charge in [0.1, 0.15) is 23.5 Å². The lowest BCUT2D eigenvalue weighted by atomic mass is 9.94. The van der Waals surface area contributed by atoms with Crippen molar-refractivity contribution in [3.63, 3.8) is 0 Å². The van der Waals surface area contributed by atoms with E-state index in [1.54, 1.807) is 0 Å². The zero-order valence-corrected chi connectivity index (χ0v) is 14.2. The third kappa shape index (κ3) is 2.47. The largest absolute Gasteiger partial charge is 0.488 e. The average molecular weight is 337 g/mol. The second-order valence-electron chi connectivity index (χ2n) is 6.35. The minimum absolute atomic E-state index is 0.509. The molecule has 0 fully saturated rings. The number of hydrogen-bond donors (Lipinski definition) is 0. The van der Waals surface area contributed by atoms with E-state index in [9.17, 15) is 0 Å². The van der Waals surface area contributed by atoms with Crippen LogP contribution < -0.4 is 4.74 Å². The molecule has 1 aliphatic rings. The van der Waals surface area contributed by atoms with Gasteiger partial charge in [-0.2, -0.15) is 0 Å². The minimum atomic E-state index is 0.509. The van der Waals surface area contributed by atoms with Gasteiger partial charge in [0.05, 0.1) is 11.6 Å². The fraction of sp³-hybridized carbons (Fsp3) is 0.0417. The molecule has 0 saturated carbocycles. The summed E-state index contributed by atoms with van der Waals surface area (Å²) in [5.74, 6) is 2.62. The van der Waals surface area contributed by atoms with E-state index in [1.807, 2.05) is 42.5 Å². The summed E-state index contributed by atoms with van der Waals surface area (Å²) in [7, 11) is 0. The van der Waals surface area contributed by atoms with Crippen LogP contribution in [0.2, 0.25) is 0 Å². The summed E-state index contributed by atoms with van der Waals surface area (Å²) >= 11 is 0. The van der Waals surface area contributed by atoms with Crippen molar-refractivity contribution in [3.05, 3.63) is 96.6 Å². The molecule has 0 radical (unpaired) electrons. The van der Waals surface area contributed by atoms with Crippen LogP contribution in [0.25, 0.3) is 33.8 Å². The lowest BCUT2D eigenvalue weighted by Crippen LogP contribution is -2.07. The van der Waals surface area contributed by atoms with E-state index in [4.69, 9.17) is 9.15 Å². The van der Waals surface area contributed by atoms with E-state index in [2.05, 4.69) is 48.5 Å². The van der Waals surface area contributed by atoms with Crippen LogP contribution in [-0.4, -0.2) is 0 Å². The molecule has 0 atom stereocenters. The fourth-order valence-corrected chi connectivity index (χ4v) is 3.45. The molecule has 2 nitrogen and oxygen atoms in total. The van der Waals surface area contributed by atoms with Crippen molar-refractivity contribution in [1.29, 1.82) is 0 Å². The summed E-state index contributed by atoms with van der Waals surface area (Å²) in [6, 6.07) is 30.8. The van der Waals surface area contributed by atoms with Crippen molar-refractivity contribution in [3.8, 4) is 39.5 Å². The summed E-state index contributed by atoms with van der Waals surface area (Å²) < 4.78 is 12.4. The molecular weight excluding hydrogens is 320 g/mol. The van der Waals surface area contributed by atoms with Gasteiger partial charge >= 0.3 is 11.5 Å². The van der Waals surface area contributed by atoms with Gasteiger partial charge in [-0.1, -0.05) is 60.7 Å². The maximum absolute atomic E-state index is 6.39. The number of rotatable bonds is 2. The number of benzene rings is 3. The molecule has 1 aliphatic heterocycles. The van der Waals surface area contributed by atoms with Crippen molar-refractivity contribution < 1.29 is 9.15 Å². The Morgan fingerprint density at radius 2 is 1.31 bits per heavy atom. The van der Waals surface area contributed by atoms with Gasteiger partial charge in [-0.3, -0.25) is 0 Å². The first-order valence-electron chi connectivity index (χ1n) is 8.73. The van der Waals surface area contributed by atoms with E-state index in [1.165, 1.54) is 5.56 Å². The second kappa shape index (κ2) is 6.16.